The van der Waals surface area contributed by atoms with Crippen LogP contribution in [0.5, 0.6) is 0 Å². The van der Waals surface area contributed by atoms with Gasteiger partial charge in [-0.3, -0.25) is 9.59 Å². The molecule has 2 aromatic rings. The van der Waals surface area contributed by atoms with Gasteiger partial charge < -0.3 is 10.1 Å². The van der Waals surface area contributed by atoms with Gasteiger partial charge in [-0.1, -0.05) is 48.5 Å². The predicted molar refractivity (Wildman–Crippen MR) is 76.3 cm³/mol. The summed E-state index contributed by atoms with van der Waals surface area (Å²) in [5, 5.41) is 2.72. The highest BCUT2D eigenvalue weighted by molar-refractivity contribution is 6.09. The molecule has 0 spiro atoms. The average Bonchev–Trinajstić information content (AvgIpc) is 2.49. The third-order valence-corrected chi connectivity index (χ3v) is 2.87. The Hall–Kier alpha value is -2.62. The minimum Gasteiger partial charge on any atom is -0.468 e. The van der Waals surface area contributed by atoms with Crippen molar-refractivity contribution in [1.82, 2.24) is 0 Å². The van der Waals surface area contributed by atoms with Gasteiger partial charge in [0.25, 0.3) is 0 Å². The van der Waals surface area contributed by atoms with Gasteiger partial charge in [-0.25, -0.2) is 0 Å². The van der Waals surface area contributed by atoms with E-state index in [0.717, 1.165) is 0 Å². The highest BCUT2D eigenvalue weighted by Gasteiger charge is 2.29. The molecule has 20 heavy (non-hydrogen) atoms. The van der Waals surface area contributed by atoms with Crippen molar-refractivity contribution in [2.75, 3.05) is 12.4 Å². The van der Waals surface area contributed by atoms with E-state index in [1.807, 2.05) is 24.3 Å². The first kappa shape index (κ1) is 13.8. The topological polar surface area (TPSA) is 55.4 Å². The number of rotatable bonds is 4. The first-order chi connectivity index (χ1) is 9.72. The Bertz CT molecular complexity index is 581. The number of nitrogens with one attached hydrogen (secondary N) is 1. The molecule has 2 aromatic carbocycles. The van der Waals surface area contributed by atoms with Crippen LogP contribution in [0.1, 0.15) is 11.5 Å². The largest absolute Gasteiger partial charge is 0.468 e. The second-order valence-corrected chi connectivity index (χ2v) is 4.22. The van der Waals surface area contributed by atoms with E-state index in [9.17, 15) is 9.59 Å². The van der Waals surface area contributed by atoms with Gasteiger partial charge in [0.1, 0.15) is 0 Å². The zero-order valence-corrected chi connectivity index (χ0v) is 11.1. The zero-order chi connectivity index (χ0) is 14.4. The highest BCUT2D eigenvalue weighted by atomic mass is 16.5. The van der Waals surface area contributed by atoms with Gasteiger partial charge in [-0.15, -0.1) is 0 Å². The normalized spacial score (nSPS) is 11.4. The highest BCUT2D eigenvalue weighted by Crippen LogP contribution is 2.19. The molecule has 1 amide bonds. The number of benzene rings is 2. The Balaban J connectivity index is 2.24. The molecule has 4 heteroatoms. The maximum Gasteiger partial charge on any atom is 0.322 e. The third kappa shape index (κ3) is 3.23. The van der Waals surface area contributed by atoms with Gasteiger partial charge in [0.05, 0.1) is 7.11 Å². The molecule has 0 radical (unpaired) electrons. The van der Waals surface area contributed by atoms with Crippen LogP contribution in [0.25, 0.3) is 0 Å². The van der Waals surface area contributed by atoms with Crippen LogP contribution in [-0.4, -0.2) is 19.0 Å². The van der Waals surface area contributed by atoms with Crippen LogP contribution in [0.2, 0.25) is 0 Å². The summed E-state index contributed by atoms with van der Waals surface area (Å²) in [4.78, 5) is 24.2. The Labute approximate surface area is 117 Å². The van der Waals surface area contributed by atoms with E-state index in [4.69, 9.17) is 4.74 Å². The van der Waals surface area contributed by atoms with Crippen molar-refractivity contribution in [2.24, 2.45) is 0 Å². The van der Waals surface area contributed by atoms with Crippen molar-refractivity contribution in [2.45, 2.75) is 5.92 Å². The lowest BCUT2D eigenvalue weighted by Crippen LogP contribution is -2.28. The zero-order valence-electron chi connectivity index (χ0n) is 11.1. The minimum atomic E-state index is -0.971. The number of anilines is 1. The van der Waals surface area contributed by atoms with Crippen LogP contribution in [0.3, 0.4) is 0 Å². The molecule has 0 aromatic heterocycles. The molecule has 0 heterocycles. The second-order valence-electron chi connectivity index (χ2n) is 4.22. The maximum atomic E-state index is 12.3. The Morgan fingerprint density at radius 2 is 1.50 bits per heavy atom. The van der Waals surface area contributed by atoms with Crippen LogP contribution in [-0.2, 0) is 14.3 Å². The monoisotopic (exact) mass is 269 g/mol. The number of ether oxygens (including phenoxy) is 1. The predicted octanol–water partition coefficient (Wildman–Crippen LogP) is 2.58. The quantitative estimate of drug-likeness (QED) is 0.685. The first-order valence-corrected chi connectivity index (χ1v) is 6.21. The number of esters is 1. The third-order valence-electron chi connectivity index (χ3n) is 2.87. The molecule has 1 atom stereocenters. The van der Waals surface area contributed by atoms with Crippen LogP contribution in [0, 0.1) is 0 Å². The molecule has 102 valence electrons. The fraction of sp³-hybridized carbons (Fsp3) is 0.125. The number of methoxy groups -OCH3 is 1. The van der Waals surface area contributed by atoms with Crippen LogP contribution < -0.4 is 5.32 Å². The number of hydrogen-bond donors (Lipinski definition) is 1. The smallest absolute Gasteiger partial charge is 0.322 e. The Kier molecular flexibility index (Phi) is 4.50. The van der Waals surface area contributed by atoms with Crippen LogP contribution in [0.15, 0.2) is 60.7 Å². The van der Waals surface area contributed by atoms with Gasteiger partial charge in [0, 0.05) is 5.69 Å². The lowest BCUT2D eigenvalue weighted by atomic mass is 9.98. The minimum absolute atomic E-state index is 0.408. The standard InChI is InChI=1S/C16H15NO3/c1-20-16(19)14(12-8-4-2-5-9-12)15(18)17-13-10-6-3-7-11-13/h2-11,14H,1H3,(H,17,18). The second kappa shape index (κ2) is 6.52. The molecular weight excluding hydrogens is 254 g/mol. The maximum absolute atomic E-state index is 12.3. The van der Waals surface area contributed by atoms with E-state index in [1.165, 1.54) is 7.11 Å². The van der Waals surface area contributed by atoms with Gasteiger partial charge in [0.15, 0.2) is 5.92 Å². The van der Waals surface area contributed by atoms with Crippen molar-refractivity contribution in [1.29, 1.82) is 0 Å². The van der Waals surface area contributed by atoms with Crippen molar-refractivity contribution < 1.29 is 14.3 Å². The van der Waals surface area contributed by atoms with Gasteiger partial charge in [-0.05, 0) is 17.7 Å². The van der Waals surface area contributed by atoms with E-state index in [0.29, 0.717) is 11.3 Å². The number of carbonyl (C=O) groups is 2. The van der Waals surface area contributed by atoms with Crippen LogP contribution >= 0.6 is 0 Å². The molecule has 0 aliphatic heterocycles. The number of hydrogen-bond acceptors (Lipinski definition) is 3. The summed E-state index contributed by atoms with van der Waals surface area (Å²) >= 11 is 0. The van der Waals surface area contributed by atoms with Gasteiger partial charge in [0.2, 0.25) is 5.91 Å². The molecule has 0 aliphatic rings. The summed E-state index contributed by atoms with van der Waals surface area (Å²) in [5.74, 6) is -1.96. The van der Waals surface area contributed by atoms with Crippen molar-refractivity contribution in [3.8, 4) is 0 Å². The fourth-order valence-corrected chi connectivity index (χ4v) is 1.89. The molecular formula is C16H15NO3. The summed E-state index contributed by atoms with van der Waals surface area (Å²) in [5.41, 5.74) is 1.25. The van der Waals surface area contributed by atoms with E-state index < -0.39 is 17.8 Å². The van der Waals surface area contributed by atoms with E-state index in [1.54, 1.807) is 36.4 Å². The number of carbonyl (C=O) groups excluding carboxylic acids is 2. The van der Waals surface area contributed by atoms with E-state index >= 15 is 0 Å². The summed E-state index contributed by atoms with van der Waals surface area (Å²) in [6, 6.07) is 17.8. The van der Waals surface area contributed by atoms with Gasteiger partial charge >= 0.3 is 5.97 Å². The van der Waals surface area contributed by atoms with Crippen molar-refractivity contribution in [3.63, 3.8) is 0 Å². The molecule has 1 unspecified atom stereocenters. The molecule has 2 rings (SSSR count). The molecule has 0 fully saturated rings. The lowest BCUT2D eigenvalue weighted by molar-refractivity contribution is -0.145. The molecule has 0 aliphatic carbocycles. The van der Waals surface area contributed by atoms with Crippen LogP contribution in [0.4, 0.5) is 5.69 Å². The summed E-state index contributed by atoms with van der Waals surface area (Å²) < 4.78 is 4.73. The van der Waals surface area contributed by atoms with E-state index in [-0.39, 0.29) is 0 Å². The average molecular weight is 269 g/mol. The lowest BCUT2D eigenvalue weighted by Gasteiger charge is -2.15. The fourth-order valence-electron chi connectivity index (χ4n) is 1.89. The summed E-state index contributed by atoms with van der Waals surface area (Å²) in [6.45, 7) is 0. The molecule has 1 N–H and O–H groups in total. The van der Waals surface area contributed by atoms with Gasteiger partial charge in [-0.2, -0.15) is 0 Å². The Morgan fingerprint density at radius 3 is 2.05 bits per heavy atom. The first-order valence-electron chi connectivity index (χ1n) is 6.21. The van der Waals surface area contributed by atoms with Crippen molar-refractivity contribution >= 4 is 17.6 Å². The van der Waals surface area contributed by atoms with E-state index in [2.05, 4.69) is 5.32 Å². The number of amides is 1. The molecule has 0 saturated carbocycles. The number of para-hydroxylation sites is 1. The van der Waals surface area contributed by atoms with Crippen molar-refractivity contribution in [3.05, 3.63) is 66.2 Å². The molecule has 0 bridgehead atoms. The SMILES string of the molecule is COC(=O)C(C(=O)Nc1ccccc1)c1ccccc1. The Morgan fingerprint density at radius 1 is 0.950 bits per heavy atom. The summed E-state index contributed by atoms with van der Waals surface area (Å²) in [6.07, 6.45) is 0. The summed E-state index contributed by atoms with van der Waals surface area (Å²) in [7, 11) is 1.27. The molecule has 0 saturated heterocycles. The molecule has 4 nitrogen and oxygen atoms in total.